The van der Waals surface area contributed by atoms with E-state index in [1.165, 1.54) is 0 Å². The average molecular weight is 241 g/mol. The number of aromatic amines is 1. The fourth-order valence-electron chi connectivity index (χ4n) is 1.37. The third-order valence-corrected chi connectivity index (χ3v) is 2.73. The molecule has 0 aliphatic rings. The van der Waals surface area contributed by atoms with Crippen LogP contribution >= 0.6 is 23.8 Å². The highest BCUT2D eigenvalue weighted by Gasteiger charge is 2.09. The number of rotatable bonds is 2. The van der Waals surface area contributed by atoms with Crippen LogP contribution in [0.25, 0.3) is 0 Å². The monoisotopic (exact) mass is 240 g/mol. The van der Waals surface area contributed by atoms with Crippen molar-refractivity contribution in [2.75, 3.05) is 0 Å². The number of aromatic nitrogens is 4. The van der Waals surface area contributed by atoms with Gasteiger partial charge in [0.05, 0.1) is 6.04 Å². The van der Waals surface area contributed by atoms with Crippen LogP contribution in [0.15, 0.2) is 24.3 Å². The Labute approximate surface area is 96.9 Å². The topological polar surface area (TPSA) is 46.5 Å². The van der Waals surface area contributed by atoms with E-state index in [4.69, 9.17) is 23.8 Å². The zero-order chi connectivity index (χ0) is 10.8. The van der Waals surface area contributed by atoms with E-state index in [9.17, 15) is 0 Å². The number of tetrazole rings is 1. The molecular formula is C9H9ClN4S. The van der Waals surface area contributed by atoms with Crippen molar-refractivity contribution in [3.63, 3.8) is 0 Å². The number of hydrogen-bond donors (Lipinski definition) is 1. The first-order valence-electron chi connectivity index (χ1n) is 4.43. The molecule has 2 aromatic rings. The molecule has 6 heteroatoms. The lowest BCUT2D eigenvalue weighted by atomic mass is 10.1. The van der Waals surface area contributed by atoms with Crippen LogP contribution in [0.2, 0.25) is 5.02 Å². The van der Waals surface area contributed by atoms with Gasteiger partial charge in [0.15, 0.2) is 0 Å². The van der Waals surface area contributed by atoms with Gasteiger partial charge in [-0.25, -0.2) is 4.68 Å². The van der Waals surface area contributed by atoms with Crippen molar-refractivity contribution in [3.05, 3.63) is 39.6 Å². The molecule has 2 rings (SSSR count). The summed E-state index contributed by atoms with van der Waals surface area (Å²) in [5.41, 5.74) is 1.06. The van der Waals surface area contributed by atoms with Gasteiger partial charge in [-0.3, -0.25) is 0 Å². The first kappa shape index (κ1) is 10.3. The Balaban J connectivity index is 2.41. The molecule has 1 aromatic carbocycles. The molecule has 1 N–H and O–H groups in total. The lowest BCUT2D eigenvalue weighted by Gasteiger charge is -2.11. The van der Waals surface area contributed by atoms with Crippen LogP contribution in [0.3, 0.4) is 0 Å². The highest BCUT2D eigenvalue weighted by molar-refractivity contribution is 7.71. The molecule has 4 nitrogen and oxygen atoms in total. The van der Waals surface area contributed by atoms with E-state index < -0.39 is 0 Å². The molecule has 0 amide bonds. The molecule has 1 heterocycles. The summed E-state index contributed by atoms with van der Waals surface area (Å²) in [5, 5.41) is 10.8. The minimum Gasteiger partial charge on any atom is -0.235 e. The maximum Gasteiger partial charge on any atom is 0.238 e. The van der Waals surface area contributed by atoms with Crippen LogP contribution in [0.4, 0.5) is 0 Å². The van der Waals surface area contributed by atoms with E-state index >= 15 is 0 Å². The predicted octanol–water partition coefficient (Wildman–Crippen LogP) is 2.60. The molecule has 1 aromatic heterocycles. The smallest absolute Gasteiger partial charge is 0.235 e. The zero-order valence-corrected chi connectivity index (χ0v) is 9.59. The Hall–Kier alpha value is -1.20. The van der Waals surface area contributed by atoms with E-state index in [1.807, 2.05) is 31.2 Å². The van der Waals surface area contributed by atoms with E-state index in [2.05, 4.69) is 15.5 Å². The maximum absolute atomic E-state index is 5.91. The third kappa shape index (κ3) is 2.08. The van der Waals surface area contributed by atoms with E-state index in [0.29, 0.717) is 9.79 Å². The third-order valence-electron chi connectivity index (χ3n) is 2.21. The van der Waals surface area contributed by atoms with E-state index in [-0.39, 0.29) is 6.04 Å². The van der Waals surface area contributed by atoms with Gasteiger partial charge >= 0.3 is 0 Å². The van der Waals surface area contributed by atoms with Crippen LogP contribution in [0.1, 0.15) is 18.5 Å². The van der Waals surface area contributed by atoms with Crippen LogP contribution in [-0.2, 0) is 0 Å². The molecule has 0 aliphatic carbocycles. The maximum atomic E-state index is 5.91. The zero-order valence-electron chi connectivity index (χ0n) is 8.01. The van der Waals surface area contributed by atoms with Crippen molar-refractivity contribution in [1.29, 1.82) is 0 Å². The summed E-state index contributed by atoms with van der Waals surface area (Å²) in [6.45, 7) is 2.00. The summed E-state index contributed by atoms with van der Waals surface area (Å²) in [5.74, 6) is 0. The van der Waals surface area contributed by atoms with E-state index in [0.717, 1.165) is 5.56 Å². The van der Waals surface area contributed by atoms with Crippen LogP contribution < -0.4 is 0 Å². The summed E-state index contributed by atoms with van der Waals surface area (Å²) >= 11 is 10.9. The molecule has 0 saturated heterocycles. The molecule has 78 valence electrons. The Morgan fingerprint density at radius 3 is 2.93 bits per heavy atom. The van der Waals surface area contributed by atoms with Crippen LogP contribution in [-0.4, -0.2) is 20.2 Å². The molecule has 0 spiro atoms. The van der Waals surface area contributed by atoms with Gasteiger partial charge in [0.2, 0.25) is 4.77 Å². The van der Waals surface area contributed by atoms with Gasteiger partial charge in [0, 0.05) is 5.02 Å². The number of nitrogens with one attached hydrogen (secondary N) is 1. The second kappa shape index (κ2) is 4.12. The van der Waals surface area contributed by atoms with Gasteiger partial charge in [-0.1, -0.05) is 34.0 Å². The highest BCUT2D eigenvalue weighted by atomic mass is 35.5. The highest BCUT2D eigenvalue weighted by Crippen LogP contribution is 2.19. The van der Waals surface area contributed by atoms with Gasteiger partial charge in [0.1, 0.15) is 0 Å². The Bertz CT molecular complexity index is 519. The van der Waals surface area contributed by atoms with Crippen LogP contribution in [0, 0.1) is 4.77 Å². The largest absolute Gasteiger partial charge is 0.238 e. The normalized spacial score (nSPS) is 12.7. The Kier molecular flexibility index (Phi) is 2.83. The number of H-pyrrole nitrogens is 1. The van der Waals surface area contributed by atoms with Crippen molar-refractivity contribution in [3.8, 4) is 0 Å². The van der Waals surface area contributed by atoms with Gasteiger partial charge in [-0.2, -0.15) is 5.21 Å². The summed E-state index contributed by atoms with van der Waals surface area (Å²) < 4.78 is 2.14. The van der Waals surface area contributed by atoms with Crippen molar-refractivity contribution in [1.82, 2.24) is 20.2 Å². The molecule has 0 fully saturated rings. The molecule has 0 bridgehead atoms. The van der Waals surface area contributed by atoms with Crippen molar-refractivity contribution in [2.45, 2.75) is 13.0 Å². The number of nitrogens with zero attached hydrogens (tertiary/aromatic N) is 3. The first-order valence-corrected chi connectivity index (χ1v) is 5.22. The summed E-state index contributed by atoms with van der Waals surface area (Å²) in [4.78, 5) is 0. The second-order valence-corrected chi connectivity index (χ2v) is 3.99. The van der Waals surface area contributed by atoms with Crippen molar-refractivity contribution in [2.24, 2.45) is 0 Å². The average Bonchev–Trinajstić information content (AvgIpc) is 2.63. The minimum atomic E-state index is 0.0474. The van der Waals surface area contributed by atoms with Gasteiger partial charge in [-0.15, -0.1) is 0 Å². The summed E-state index contributed by atoms with van der Waals surface area (Å²) in [7, 11) is 0. The van der Waals surface area contributed by atoms with Crippen molar-refractivity contribution < 1.29 is 0 Å². The molecular weight excluding hydrogens is 232 g/mol. The lowest BCUT2D eigenvalue weighted by molar-refractivity contribution is 0.537. The van der Waals surface area contributed by atoms with Gasteiger partial charge in [-0.05, 0) is 36.8 Å². The quantitative estimate of drug-likeness (QED) is 0.821. The van der Waals surface area contributed by atoms with Gasteiger partial charge < -0.3 is 0 Å². The predicted molar refractivity (Wildman–Crippen MR) is 60.5 cm³/mol. The lowest BCUT2D eigenvalue weighted by Crippen LogP contribution is -2.08. The number of benzene rings is 1. The second-order valence-electron chi connectivity index (χ2n) is 3.18. The SMILES string of the molecule is CC(c1cccc(Cl)c1)n1[nH]nnc1=S. The van der Waals surface area contributed by atoms with Crippen LogP contribution in [0.5, 0.6) is 0 Å². The Morgan fingerprint density at radius 1 is 1.53 bits per heavy atom. The molecule has 1 atom stereocenters. The number of hydrogen-bond acceptors (Lipinski definition) is 3. The number of halogens is 1. The first-order chi connectivity index (χ1) is 7.18. The Morgan fingerprint density at radius 2 is 2.33 bits per heavy atom. The molecule has 0 saturated carbocycles. The fraction of sp³-hybridized carbons (Fsp3) is 0.222. The van der Waals surface area contributed by atoms with Crippen molar-refractivity contribution >= 4 is 23.8 Å². The standard InChI is InChI=1S/C9H9ClN4S/c1-6(14-9(15)11-12-13-14)7-3-2-4-8(10)5-7/h2-6H,1H3,(H,11,13,15). The van der Waals surface area contributed by atoms with E-state index in [1.54, 1.807) is 4.68 Å². The molecule has 0 aliphatic heterocycles. The molecule has 1 unspecified atom stereocenters. The minimum absolute atomic E-state index is 0.0474. The van der Waals surface area contributed by atoms with Gasteiger partial charge in [0.25, 0.3) is 0 Å². The summed E-state index contributed by atoms with van der Waals surface area (Å²) in [6, 6.07) is 7.67. The fourth-order valence-corrected chi connectivity index (χ4v) is 1.81. The summed E-state index contributed by atoms with van der Waals surface area (Å²) in [6.07, 6.45) is 0. The molecule has 15 heavy (non-hydrogen) atoms. The molecule has 0 radical (unpaired) electrons.